The van der Waals surface area contributed by atoms with Gasteiger partial charge in [-0.3, -0.25) is 14.6 Å². The van der Waals surface area contributed by atoms with Crippen LogP contribution in [0.15, 0.2) is 24.5 Å². The summed E-state index contributed by atoms with van der Waals surface area (Å²) in [6, 6.07) is 1.10. The quantitative estimate of drug-likeness (QED) is 0.620. The number of rotatable bonds is 5. The number of pyridine rings is 1. The first-order valence-corrected chi connectivity index (χ1v) is 10.0. The van der Waals surface area contributed by atoms with E-state index in [1.807, 2.05) is 0 Å². The van der Waals surface area contributed by atoms with E-state index in [2.05, 4.69) is 15.0 Å². The number of carbonyl (C=O) groups is 3. The Bertz CT molecular complexity index is 813. The maximum Gasteiger partial charge on any atom is 0.328 e. The van der Waals surface area contributed by atoms with Gasteiger partial charge in [-0.25, -0.2) is 13.2 Å². The Hall–Kier alpha value is -2.53. The lowest BCUT2D eigenvalue weighted by Gasteiger charge is -2.39. The molecule has 2 heterocycles. The molecule has 0 bridgehead atoms. The summed E-state index contributed by atoms with van der Waals surface area (Å²) in [6.07, 6.45) is 3.93. The van der Waals surface area contributed by atoms with E-state index >= 15 is 0 Å². The molecule has 2 unspecified atom stereocenters. The minimum absolute atomic E-state index is 0.0322. The number of ether oxygens (including phenoxy) is 1. The normalized spacial score (nSPS) is 19.2. The molecule has 0 aliphatic carbocycles. The van der Waals surface area contributed by atoms with Crippen LogP contribution in [0.5, 0.6) is 0 Å². The van der Waals surface area contributed by atoms with Gasteiger partial charge in [-0.05, 0) is 19.1 Å². The van der Waals surface area contributed by atoms with Crippen molar-refractivity contribution in [3.05, 3.63) is 30.1 Å². The van der Waals surface area contributed by atoms with Crippen molar-refractivity contribution in [2.45, 2.75) is 19.0 Å². The van der Waals surface area contributed by atoms with E-state index in [9.17, 15) is 22.8 Å². The molecule has 11 heteroatoms. The number of nitrogens with one attached hydrogen (secondary N) is 1. The first-order valence-electron chi connectivity index (χ1n) is 8.19. The van der Waals surface area contributed by atoms with Gasteiger partial charge in [0.1, 0.15) is 12.1 Å². The number of piperazine rings is 1. The van der Waals surface area contributed by atoms with Crippen molar-refractivity contribution in [3.63, 3.8) is 0 Å². The molecule has 0 radical (unpaired) electrons. The number of hydrogen-bond donors (Lipinski definition) is 1. The van der Waals surface area contributed by atoms with E-state index in [0.29, 0.717) is 5.56 Å². The number of amides is 2. The maximum absolute atomic E-state index is 12.6. The second-order valence-electron chi connectivity index (χ2n) is 6.14. The molecule has 1 aliphatic rings. The number of carbonyl (C=O) groups excluding carboxylic acids is 3. The molecular formula is C16H22N4O6S. The van der Waals surface area contributed by atoms with Crippen molar-refractivity contribution in [1.29, 1.82) is 0 Å². The summed E-state index contributed by atoms with van der Waals surface area (Å²) in [7, 11) is -2.51. The van der Waals surface area contributed by atoms with Crippen LogP contribution in [0, 0.1) is 0 Å². The smallest absolute Gasteiger partial charge is 0.328 e. The average molecular weight is 398 g/mol. The number of esters is 1. The molecule has 1 N–H and O–H groups in total. The van der Waals surface area contributed by atoms with Crippen LogP contribution in [-0.4, -0.2) is 85.5 Å². The van der Waals surface area contributed by atoms with E-state index in [0.717, 1.165) is 10.6 Å². The molecule has 2 amide bonds. The third-order valence-corrected chi connectivity index (χ3v) is 5.46. The lowest BCUT2D eigenvalue weighted by molar-refractivity contribution is -0.145. The summed E-state index contributed by atoms with van der Waals surface area (Å²) in [5.41, 5.74) is 0.340. The number of methoxy groups -OCH3 is 1. The highest BCUT2D eigenvalue weighted by molar-refractivity contribution is 7.88. The first-order chi connectivity index (χ1) is 12.6. The number of sulfonamides is 1. The minimum Gasteiger partial charge on any atom is -0.467 e. The highest BCUT2D eigenvalue weighted by Gasteiger charge is 2.39. The van der Waals surface area contributed by atoms with Gasteiger partial charge in [-0.15, -0.1) is 0 Å². The highest BCUT2D eigenvalue weighted by atomic mass is 32.2. The van der Waals surface area contributed by atoms with Gasteiger partial charge in [-0.2, -0.15) is 4.31 Å². The number of aromatic nitrogens is 1. The largest absolute Gasteiger partial charge is 0.467 e. The van der Waals surface area contributed by atoms with Gasteiger partial charge in [0.15, 0.2) is 0 Å². The van der Waals surface area contributed by atoms with Crippen LogP contribution < -0.4 is 5.32 Å². The zero-order valence-electron chi connectivity index (χ0n) is 15.3. The SMILES string of the molecule is COC(=O)C(C)NC(=O)C1CN(C(=O)c2cccnc2)CCN1S(C)(=O)=O. The summed E-state index contributed by atoms with van der Waals surface area (Å²) in [4.78, 5) is 42.0. The highest BCUT2D eigenvalue weighted by Crippen LogP contribution is 2.16. The first kappa shape index (κ1) is 20.8. The predicted molar refractivity (Wildman–Crippen MR) is 95.1 cm³/mol. The van der Waals surface area contributed by atoms with Gasteiger partial charge >= 0.3 is 5.97 Å². The van der Waals surface area contributed by atoms with Crippen LogP contribution >= 0.6 is 0 Å². The Balaban J connectivity index is 2.21. The lowest BCUT2D eigenvalue weighted by atomic mass is 10.1. The molecule has 0 saturated carbocycles. The van der Waals surface area contributed by atoms with Crippen LogP contribution in [0.3, 0.4) is 0 Å². The van der Waals surface area contributed by atoms with Gasteiger partial charge in [0, 0.05) is 32.0 Å². The monoisotopic (exact) mass is 398 g/mol. The van der Waals surface area contributed by atoms with Gasteiger partial charge < -0.3 is 15.0 Å². The topological polar surface area (TPSA) is 126 Å². The Labute approximate surface area is 157 Å². The van der Waals surface area contributed by atoms with Crippen LogP contribution in [0.25, 0.3) is 0 Å². The summed E-state index contributed by atoms with van der Waals surface area (Å²) in [5, 5.41) is 2.43. The zero-order valence-corrected chi connectivity index (χ0v) is 16.1. The third-order valence-electron chi connectivity index (χ3n) is 4.17. The Morgan fingerprint density at radius 3 is 2.59 bits per heavy atom. The molecule has 148 valence electrons. The average Bonchev–Trinajstić information content (AvgIpc) is 2.66. The Kier molecular flexibility index (Phi) is 6.50. The summed E-state index contributed by atoms with van der Waals surface area (Å²) < 4.78 is 29.7. The number of hydrogen-bond acceptors (Lipinski definition) is 7. The number of nitrogens with zero attached hydrogens (tertiary/aromatic N) is 3. The molecule has 27 heavy (non-hydrogen) atoms. The second-order valence-corrected chi connectivity index (χ2v) is 8.07. The van der Waals surface area contributed by atoms with Crippen molar-refractivity contribution in [1.82, 2.24) is 19.5 Å². The molecule has 2 rings (SSSR count). The van der Waals surface area contributed by atoms with Crippen molar-refractivity contribution < 1.29 is 27.5 Å². The fraction of sp³-hybridized carbons (Fsp3) is 0.500. The zero-order chi connectivity index (χ0) is 20.2. The molecule has 1 aromatic heterocycles. The summed E-state index contributed by atoms with van der Waals surface area (Å²) in [5.74, 6) is -1.69. The molecule has 0 spiro atoms. The summed E-state index contributed by atoms with van der Waals surface area (Å²) >= 11 is 0. The molecule has 1 aliphatic heterocycles. The van der Waals surface area contributed by atoms with Crippen molar-refractivity contribution in [2.24, 2.45) is 0 Å². The van der Waals surface area contributed by atoms with E-state index in [1.165, 1.54) is 31.3 Å². The Morgan fingerprint density at radius 2 is 2.04 bits per heavy atom. The van der Waals surface area contributed by atoms with Crippen molar-refractivity contribution in [2.75, 3.05) is 33.0 Å². The van der Waals surface area contributed by atoms with Crippen LogP contribution in [0.2, 0.25) is 0 Å². The maximum atomic E-state index is 12.6. The van der Waals surface area contributed by atoms with E-state index in [1.54, 1.807) is 12.1 Å². The molecule has 1 aromatic rings. The fourth-order valence-electron chi connectivity index (χ4n) is 2.78. The van der Waals surface area contributed by atoms with E-state index < -0.39 is 34.0 Å². The lowest BCUT2D eigenvalue weighted by Crippen LogP contribution is -2.62. The Morgan fingerprint density at radius 1 is 1.33 bits per heavy atom. The molecule has 1 saturated heterocycles. The van der Waals surface area contributed by atoms with Gasteiger partial charge in [0.05, 0.1) is 18.9 Å². The second kappa shape index (κ2) is 8.44. The van der Waals surface area contributed by atoms with Crippen LogP contribution in [0.1, 0.15) is 17.3 Å². The molecule has 0 aromatic carbocycles. The van der Waals surface area contributed by atoms with Crippen LogP contribution in [-0.2, 0) is 24.3 Å². The van der Waals surface area contributed by atoms with Gasteiger partial charge in [0.25, 0.3) is 5.91 Å². The van der Waals surface area contributed by atoms with Crippen molar-refractivity contribution >= 4 is 27.8 Å². The predicted octanol–water partition coefficient (Wildman–Crippen LogP) is -1.15. The fourth-order valence-corrected chi connectivity index (χ4v) is 3.82. The molecular weight excluding hydrogens is 376 g/mol. The van der Waals surface area contributed by atoms with Gasteiger partial charge in [0.2, 0.25) is 15.9 Å². The minimum atomic E-state index is -3.69. The van der Waals surface area contributed by atoms with Crippen molar-refractivity contribution in [3.8, 4) is 0 Å². The summed E-state index contributed by atoms with van der Waals surface area (Å²) in [6.45, 7) is 1.39. The van der Waals surface area contributed by atoms with E-state index in [-0.39, 0.29) is 25.5 Å². The van der Waals surface area contributed by atoms with Crippen LogP contribution in [0.4, 0.5) is 0 Å². The standard InChI is InChI=1S/C16H22N4O6S/c1-11(16(23)26-2)18-14(21)13-10-19(7-8-20(13)27(3,24)25)15(22)12-5-4-6-17-9-12/h4-6,9,11,13H,7-8,10H2,1-3H3,(H,18,21). The molecule has 1 fully saturated rings. The van der Waals surface area contributed by atoms with E-state index in [4.69, 9.17) is 0 Å². The molecule has 10 nitrogen and oxygen atoms in total. The third kappa shape index (κ3) is 5.01. The van der Waals surface area contributed by atoms with Gasteiger partial charge in [-0.1, -0.05) is 0 Å². The molecule has 2 atom stereocenters.